The molecule has 0 bridgehead atoms. The zero-order chi connectivity index (χ0) is 13.6. The number of rotatable bonds is 3. The van der Waals surface area contributed by atoms with Gasteiger partial charge in [0.15, 0.2) is 0 Å². The molecule has 2 aromatic rings. The van der Waals surface area contributed by atoms with E-state index in [0.29, 0.717) is 15.9 Å². The van der Waals surface area contributed by atoms with Gasteiger partial charge >= 0.3 is 5.69 Å². The molecular weight excluding hydrogens is 266 g/mol. The van der Waals surface area contributed by atoms with Gasteiger partial charge in [-0.15, -0.1) is 0 Å². The van der Waals surface area contributed by atoms with Crippen LogP contribution < -0.4 is 16.6 Å². The lowest BCUT2D eigenvalue weighted by Crippen LogP contribution is -2.32. The molecule has 6 heteroatoms. The third-order valence-electron chi connectivity index (χ3n) is 3.47. The van der Waals surface area contributed by atoms with Crippen molar-refractivity contribution in [3.8, 4) is 0 Å². The summed E-state index contributed by atoms with van der Waals surface area (Å²) in [6.07, 6.45) is 2.49. The highest BCUT2D eigenvalue weighted by atomic mass is 35.5. The number of hydrogen-bond acceptors (Lipinski definition) is 3. The molecule has 0 unspecified atom stereocenters. The van der Waals surface area contributed by atoms with Crippen molar-refractivity contribution in [3.63, 3.8) is 0 Å². The Morgan fingerprint density at radius 1 is 1.42 bits per heavy atom. The summed E-state index contributed by atoms with van der Waals surface area (Å²) in [5, 5.41) is 4.18. The van der Waals surface area contributed by atoms with Crippen LogP contribution >= 0.6 is 11.6 Å². The number of halogens is 1. The largest absolute Gasteiger partial charge is 0.384 e. The predicted molar refractivity (Wildman–Crippen MR) is 76.0 cm³/mol. The minimum atomic E-state index is -0.423. The third kappa shape index (κ3) is 2.26. The Kier molecular flexibility index (Phi) is 2.86. The second-order valence-corrected chi connectivity index (χ2v) is 5.40. The summed E-state index contributed by atoms with van der Waals surface area (Å²) in [7, 11) is 1.44. The Labute approximate surface area is 114 Å². The first-order valence-corrected chi connectivity index (χ1v) is 6.60. The van der Waals surface area contributed by atoms with Gasteiger partial charge in [0.1, 0.15) is 0 Å². The number of hydrogen-bond donors (Lipinski definition) is 2. The standard InChI is InChI=1S/C13H14ClN3O2/c1-17-12(18)8-4-9(14)11(15-6-7-2-3-7)5-10(8)16-13(17)19/h4-5,7,15H,2-3,6H2,1H3,(H,16,19). The number of anilines is 1. The zero-order valence-corrected chi connectivity index (χ0v) is 11.3. The topological polar surface area (TPSA) is 66.9 Å². The lowest BCUT2D eigenvalue weighted by atomic mass is 10.2. The number of aromatic amines is 1. The second-order valence-electron chi connectivity index (χ2n) is 5.00. The van der Waals surface area contributed by atoms with Crippen molar-refractivity contribution in [1.82, 2.24) is 9.55 Å². The normalized spacial score (nSPS) is 14.8. The van der Waals surface area contributed by atoms with E-state index in [2.05, 4.69) is 10.3 Å². The smallest absolute Gasteiger partial charge is 0.328 e. The van der Waals surface area contributed by atoms with E-state index >= 15 is 0 Å². The van der Waals surface area contributed by atoms with Crippen molar-refractivity contribution in [2.24, 2.45) is 13.0 Å². The molecule has 0 aliphatic heterocycles. The number of H-pyrrole nitrogens is 1. The molecule has 1 aromatic carbocycles. The Balaban J connectivity index is 2.10. The molecule has 0 spiro atoms. The highest BCUT2D eigenvalue weighted by Crippen LogP contribution is 2.31. The molecule has 1 aliphatic carbocycles. The van der Waals surface area contributed by atoms with Crippen LogP contribution in [0.5, 0.6) is 0 Å². The average Bonchev–Trinajstić information content (AvgIpc) is 3.19. The quantitative estimate of drug-likeness (QED) is 0.899. The Bertz CT molecular complexity index is 759. The number of fused-ring (bicyclic) bond motifs is 1. The number of aromatic nitrogens is 2. The van der Waals surface area contributed by atoms with E-state index in [1.54, 1.807) is 12.1 Å². The maximum Gasteiger partial charge on any atom is 0.328 e. The van der Waals surface area contributed by atoms with Gasteiger partial charge in [0.05, 0.1) is 21.6 Å². The highest BCUT2D eigenvalue weighted by molar-refractivity contribution is 6.34. The Morgan fingerprint density at radius 3 is 2.84 bits per heavy atom. The first kappa shape index (κ1) is 12.3. The van der Waals surface area contributed by atoms with E-state index in [1.165, 1.54) is 19.9 Å². The van der Waals surface area contributed by atoms with Crippen LogP contribution in [0.3, 0.4) is 0 Å². The molecule has 0 amide bonds. The number of nitrogens with zero attached hydrogens (tertiary/aromatic N) is 1. The van der Waals surface area contributed by atoms with Crippen LogP contribution in [0, 0.1) is 5.92 Å². The van der Waals surface area contributed by atoms with Crippen molar-refractivity contribution in [3.05, 3.63) is 38.0 Å². The molecule has 2 N–H and O–H groups in total. The van der Waals surface area contributed by atoms with Gasteiger partial charge in [-0.2, -0.15) is 0 Å². The summed E-state index contributed by atoms with van der Waals surface area (Å²) < 4.78 is 1.04. The Morgan fingerprint density at radius 2 is 2.16 bits per heavy atom. The molecule has 0 saturated heterocycles. The molecule has 5 nitrogen and oxygen atoms in total. The van der Waals surface area contributed by atoms with E-state index < -0.39 is 5.69 Å². The average molecular weight is 280 g/mol. The van der Waals surface area contributed by atoms with Gasteiger partial charge < -0.3 is 10.3 Å². The molecule has 100 valence electrons. The second kappa shape index (κ2) is 4.42. The SMILES string of the molecule is Cn1c(=O)[nH]c2cc(NCC3CC3)c(Cl)cc2c1=O. The summed E-state index contributed by atoms with van der Waals surface area (Å²) in [5.74, 6) is 0.717. The van der Waals surface area contributed by atoms with E-state index in [1.807, 2.05) is 0 Å². The van der Waals surface area contributed by atoms with Gasteiger partial charge in [0.2, 0.25) is 0 Å². The minimum absolute atomic E-state index is 0.339. The van der Waals surface area contributed by atoms with Crippen LogP contribution in [0.25, 0.3) is 10.9 Å². The maximum absolute atomic E-state index is 12.0. The first-order chi connectivity index (χ1) is 9.06. The summed E-state index contributed by atoms with van der Waals surface area (Å²) in [6.45, 7) is 0.875. The van der Waals surface area contributed by atoms with Crippen LogP contribution in [0.2, 0.25) is 5.02 Å². The van der Waals surface area contributed by atoms with Crippen LogP contribution in [-0.2, 0) is 7.05 Å². The molecular formula is C13H14ClN3O2. The molecule has 1 aromatic heterocycles. The van der Waals surface area contributed by atoms with E-state index in [9.17, 15) is 9.59 Å². The molecule has 0 radical (unpaired) electrons. The molecule has 1 fully saturated rings. The summed E-state index contributed by atoms with van der Waals surface area (Å²) >= 11 is 6.17. The molecule has 1 aliphatic rings. The van der Waals surface area contributed by atoms with Crippen LogP contribution in [0.15, 0.2) is 21.7 Å². The summed E-state index contributed by atoms with van der Waals surface area (Å²) in [4.78, 5) is 26.2. The number of nitrogens with one attached hydrogen (secondary N) is 2. The van der Waals surface area contributed by atoms with Gasteiger partial charge in [0, 0.05) is 13.6 Å². The van der Waals surface area contributed by atoms with E-state index in [4.69, 9.17) is 11.6 Å². The number of benzene rings is 1. The molecule has 0 atom stereocenters. The zero-order valence-electron chi connectivity index (χ0n) is 10.5. The van der Waals surface area contributed by atoms with Crippen molar-refractivity contribution in [2.75, 3.05) is 11.9 Å². The van der Waals surface area contributed by atoms with Gasteiger partial charge in [-0.25, -0.2) is 4.79 Å². The molecule has 1 saturated carbocycles. The van der Waals surface area contributed by atoms with Crippen LogP contribution in [0.4, 0.5) is 5.69 Å². The van der Waals surface area contributed by atoms with Crippen molar-refractivity contribution >= 4 is 28.2 Å². The lowest BCUT2D eigenvalue weighted by Gasteiger charge is -2.09. The monoisotopic (exact) mass is 279 g/mol. The molecule has 1 heterocycles. The van der Waals surface area contributed by atoms with Gasteiger partial charge in [0.25, 0.3) is 5.56 Å². The minimum Gasteiger partial charge on any atom is -0.384 e. The fraction of sp³-hybridized carbons (Fsp3) is 0.385. The van der Waals surface area contributed by atoms with Gasteiger partial charge in [-0.05, 0) is 30.9 Å². The predicted octanol–water partition coefficient (Wildman–Crippen LogP) is 1.70. The van der Waals surface area contributed by atoms with Crippen LogP contribution in [-0.4, -0.2) is 16.1 Å². The van der Waals surface area contributed by atoms with Crippen molar-refractivity contribution in [1.29, 1.82) is 0 Å². The highest BCUT2D eigenvalue weighted by Gasteiger charge is 2.21. The molecule has 19 heavy (non-hydrogen) atoms. The summed E-state index contributed by atoms with van der Waals surface area (Å²) in [5.41, 5.74) is 0.503. The van der Waals surface area contributed by atoms with Crippen molar-refractivity contribution in [2.45, 2.75) is 12.8 Å². The summed E-state index contributed by atoms with van der Waals surface area (Å²) in [6, 6.07) is 3.33. The lowest BCUT2D eigenvalue weighted by molar-refractivity contribution is 0.794. The van der Waals surface area contributed by atoms with Gasteiger partial charge in [-0.3, -0.25) is 9.36 Å². The third-order valence-corrected chi connectivity index (χ3v) is 3.78. The molecule has 3 rings (SSSR count). The fourth-order valence-corrected chi connectivity index (χ4v) is 2.27. The maximum atomic E-state index is 12.0. The van der Waals surface area contributed by atoms with Crippen LogP contribution in [0.1, 0.15) is 12.8 Å². The first-order valence-electron chi connectivity index (χ1n) is 6.22. The fourth-order valence-electron chi connectivity index (χ4n) is 2.04. The van der Waals surface area contributed by atoms with E-state index in [0.717, 1.165) is 22.7 Å². The van der Waals surface area contributed by atoms with E-state index in [-0.39, 0.29) is 5.56 Å². The Hall–Kier alpha value is -1.75. The van der Waals surface area contributed by atoms with Crippen molar-refractivity contribution < 1.29 is 0 Å². The van der Waals surface area contributed by atoms with Gasteiger partial charge in [-0.1, -0.05) is 11.6 Å².